The van der Waals surface area contributed by atoms with Gasteiger partial charge in [0.15, 0.2) is 5.65 Å². The summed E-state index contributed by atoms with van der Waals surface area (Å²) in [6, 6.07) is 3.22. The number of nitrogens with zero attached hydrogens (tertiary/aromatic N) is 3. The molecule has 0 fully saturated rings. The number of amides is 1. The second-order valence-electron chi connectivity index (χ2n) is 6.69. The fourth-order valence-electron chi connectivity index (χ4n) is 2.16. The minimum Gasteiger partial charge on any atom is -0.375 e. The molecule has 1 N–H and O–H groups in total. The standard InChI is InChI=1S/C16H21F3N4O2.CH4/c1-10-5-6-11-13(20-10)23(9-16(17,18)19)14(21-11)22-12(24)7-8-25-15(2,3)4;/h5-6H,7-9H2,1-4H3,(H,21,22,24);1H4. The van der Waals surface area contributed by atoms with Gasteiger partial charge in [-0.05, 0) is 39.8 Å². The van der Waals surface area contributed by atoms with Gasteiger partial charge < -0.3 is 4.74 Å². The van der Waals surface area contributed by atoms with Crippen LogP contribution in [0, 0.1) is 6.92 Å². The Hall–Kier alpha value is -2.16. The molecule has 26 heavy (non-hydrogen) atoms. The van der Waals surface area contributed by atoms with E-state index in [0.717, 1.165) is 4.57 Å². The number of halogens is 3. The van der Waals surface area contributed by atoms with Crippen LogP contribution in [0.4, 0.5) is 19.1 Å². The van der Waals surface area contributed by atoms with Crippen molar-refractivity contribution in [2.24, 2.45) is 0 Å². The van der Waals surface area contributed by atoms with Crippen LogP contribution in [0.2, 0.25) is 0 Å². The van der Waals surface area contributed by atoms with E-state index < -0.39 is 24.2 Å². The second kappa shape index (κ2) is 8.03. The van der Waals surface area contributed by atoms with Crippen molar-refractivity contribution in [2.45, 2.75) is 59.9 Å². The van der Waals surface area contributed by atoms with Crippen molar-refractivity contribution in [3.05, 3.63) is 17.8 Å². The number of pyridine rings is 1. The van der Waals surface area contributed by atoms with Crippen LogP contribution in [0.3, 0.4) is 0 Å². The summed E-state index contributed by atoms with van der Waals surface area (Å²) in [7, 11) is 0. The Morgan fingerprint density at radius 2 is 1.88 bits per heavy atom. The van der Waals surface area contributed by atoms with Gasteiger partial charge in [-0.1, -0.05) is 7.43 Å². The monoisotopic (exact) mass is 374 g/mol. The van der Waals surface area contributed by atoms with Crippen molar-refractivity contribution in [1.29, 1.82) is 0 Å². The largest absolute Gasteiger partial charge is 0.406 e. The van der Waals surface area contributed by atoms with Gasteiger partial charge in [-0.15, -0.1) is 0 Å². The van der Waals surface area contributed by atoms with E-state index >= 15 is 0 Å². The molecule has 0 saturated carbocycles. The summed E-state index contributed by atoms with van der Waals surface area (Å²) in [6.45, 7) is 6.09. The van der Waals surface area contributed by atoms with Crippen molar-refractivity contribution in [1.82, 2.24) is 14.5 Å². The first-order valence-electron chi connectivity index (χ1n) is 7.79. The predicted molar refractivity (Wildman–Crippen MR) is 94.0 cm³/mol. The molecule has 2 aromatic heterocycles. The number of imidazole rings is 1. The third-order valence-electron chi connectivity index (χ3n) is 3.18. The summed E-state index contributed by atoms with van der Waals surface area (Å²) >= 11 is 0. The third kappa shape index (κ3) is 6.29. The maximum atomic E-state index is 12.9. The first-order chi connectivity index (χ1) is 11.4. The molecule has 2 heterocycles. The van der Waals surface area contributed by atoms with E-state index in [1.807, 2.05) is 20.8 Å². The summed E-state index contributed by atoms with van der Waals surface area (Å²) in [5, 5.41) is 2.42. The van der Waals surface area contributed by atoms with Gasteiger partial charge in [-0.2, -0.15) is 13.2 Å². The SMILES string of the molecule is C.Cc1ccc2nc(NC(=O)CCOC(C)(C)C)n(CC(F)(F)F)c2n1. The Bertz CT molecular complexity index is 764. The molecule has 146 valence electrons. The summed E-state index contributed by atoms with van der Waals surface area (Å²) in [6.07, 6.45) is -4.45. The number of carbonyl (C=O) groups excluding carboxylic acids is 1. The molecule has 1 amide bonds. The van der Waals surface area contributed by atoms with Crippen LogP contribution in [0.15, 0.2) is 12.1 Å². The summed E-state index contributed by atoms with van der Waals surface area (Å²) in [5.74, 6) is -0.647. The highest BCUT2D eigenvalue weighted by atomic mass is 19.4. The molecule has 0 aromatic carbocycles. The average molecular weight is 374 g/mol. The molecular weight excluding hydrogens is 349 g/mol. The van der Waals surface area contributed by atoms with E-state index in [2.05, 4.69) is 15.3 Å². The third-order valence-corrected chi connectivity index (χ3v) is 3.18. The van der Waals surface area contributed by atoms with Crippen LogP contribution in [-0.2, 0) is 16.1 Å². The van der Waals surface area contributed by atoms with Gasteiger partial charge >= 0.3 is 6.18 Å². The lowest BCUT2D eigenvalue weighted by molar-refractivity contribution is -0.139. The number of hydrogen-bond donors (Lipinski definition) is 1. The molecule has 0 spiro atoms. The predicted octanol–water partition coefficient (Wildman–Crippen LogP) is 4.08. The van der Waals surface area contributed by atoms with Gasteiger partial charge in [0.2, 0.25) is 11.9 Å². The topological polar surface area (TPSA) is 69.0 Å². The molecule has 6 nitrogen and oxygen atoms in total. The van der Waals surface area contributed by atoms with Crippen LogP contribution in [0.25, 0.3) is 11.2 Å². The molecule has 0 aliphatic heterocycles. The molecule has 2 aromatic rings. The van der Waals surface area contributed by atoms with E-state index in [0.29, 0.717) is 5.69 Å². The Labute approximate surface area is 150 Å². The lowest BCUT2D eigenvalue weighted by Gasteiger charge is -2.19. The summed E-state index contributed by atoms with van der Waals surface area (Å²) in [5.41, 5.74) is 0.535. The molecule has 2 rings (SSSR count). The minimum atomic E-state index is -4.46. The molecular formula is C17H25F3N4O2. The van der Waals surface area contributed by atoms with E-state index in [1.165, 1.54) is 0 Å². The number of aryl methyl sites for hydroxylation is 1. The molecule has 0 unspecified atom stereocenters. The van der Waals surface area contributed by atoms with Crippen LogP contribution < -0.4 is 5.32 Å². The van der Waals surface area contributed by atoms with Crippen LogP contribution >= 0.6 is 0 Å². The van der Waals surface area contributed by atoms with Crippen molar-refractivity contribution in [2.75, 3.05) is 11.9 Å². The van der Waals surface area contributed by atoms with Crippen LogP contribution in [-0.4, -0.2) is 38.8 Å². The van der Waals surface area contributed by atoms with Crippen molar-refractivity contribution >= 4 is 23.0 Å². The number of ether oxygens (including phenoxy) is 1. The molecule has 9 heteroatoms. The first kappa shape index (κ1) is 21.9. The number of alkyl halides is 3. The summed E-state index contributed by atoms with van der Waals surface area (Å²) < 4.78 is 45.0. The maximum Gasteiger partial charge on any atom is 0.406 e. The average Bonchev–Trinajstić information content (AvgIpc) is 2.73. The zero-order valence-corrected chi connectivity index (χ0v) is 14.6. The number of aromatic nitrogens is 3. The van der Waals surface area contributed by atoms with Crippen molar-refractivity contribution in [3.63, 3.8) is 0 Å². The maximum absolute atomic E-state index is 12.9. The van der Waals surface area contributed by atoms with Crippen LogP contribution in [0.1, 0.15) is 40.3 Å². The van der Waals surface area contributed by atoms with Crippen molar-refractivity contribution in [3.8, 4) is 0 Å². The van der Waals surface area contributed by atoms with E-state index in [-0.39, 0.29) is 37.6 Å². The highest BCUT2D eigenvalue weighted by molar-refractivity contribution is 5.91. The first-order valence-corrected chi connectivity index (χ1v) is 7.79. The number of nitrogens with one attached hydrogen (secondary N) is 1. The molecule has 0 bridgehead atoms. The Balaban J connectivity index is 0.00000338. The minimum absolute atomic E-state index is 0. The van der Waals surface area contributed by atoms with Crippen molar-refractivity contribution < 1.29 is 22.7 Å². The molecule has 0 atom stereocenters. The molecule has 0 saturated heterocycles. The quantitative estimate of drug-likeness (QED) is 0.856. The normalized spacial score (nSPS) is 12.1. The highest BCUT2D eigenvalue weighted by Crippen LogP contribution is 2.25. The van der Waals surface area contributed by atoms with E-state index in [1.54, 1.807) is 19.1 Å². The highest BCUT2D eigenvalue weighted by Gasteiger charge is 2.31. The molecule has 0 aliphatic carbocycles. The fourth-order valence-corrected chi connectivity index (χ4v) is 2.16. The van der Waals surface area contributed by atoms with E-state index in [9.17, 15) is 18.0 Å². The lowest BCUT2D eigenvalue weighted by atomic mass is 10.2. The van der Waals surface area contributed by atoms with Gasteiger partial charge in [0.25, 0.3) is 0 Å². The Morgan fingerprint density at radius 3 is 2.46 bits per heavy atom. The Kier molecular flexibility index (Phi) is 6.76. The van der Waals surface area contributed by atoms with E-state index in [4.69, 9.17) is 4.74 Å². The summed E-state index contributed by atoms with van der Waals surface area (Å²) in [4.78, 5) is 20.2. The zero-order valence-electron chi connectivity index (χ0n) is 14.6. The lowest BCUT2D eigenvalue weighted by Crippen LogP contribution is -2.25. The number of hydrogen-bond acceptors (Lipinski definition) is 4. The van der Waals surface area contributed by atoms with Gasteiger partial charge in [-0.3, -0.25) is 14.7 Å². The molecule has 0 radical (unpaired) electrons. The molecule has 0 aliphatic rings. The number of fused-ring (bicyclic) bond motifs is 1. The zero-order chi connectivity index (χ0) is 18.8. The Morgan fingerprint density at radius 1 is 1.23 bits per heavy atom. The van der Waals surface area contributed by atoms with Gasteiger partial charge in [-0.25, -0.2) is 9.97 Å². The van der Waals surface area contributed by atoms with Gasteiger partial charge in [0, 0.05) is 5.69 Å². The smallest absolute Gasteiger partial charge is 0.375 e. The number of rotatable bonds is 5. The van der Waals surface area contributed by atoms with Gasteiger partial charge in [0.1, 0.15) is 12.1 Å². The van der Waals surface area contributed by atoms with Crippen LogP contribution in [0.5, 0.6) is 0 Å². The second-order valence-corrected chi connectivity index (χ2v) is 6.69. The fraction of sp³-hybridized carbons (Fsp3) is 0.588. The van der Waals surface area contributed by atoms with Gasteiger partial charge in [0.05, 0.1) is 18.6 Å². The number of anilines is 1. The number of carbonyl (C=O) groups is 1.